The Bertz CT molecular complexity index is 487. The van der Waals surface area contributed by atoms with Gasteiger partial charge in [-0.15, -0.1) is 0 Å². The van der Waals surface area contributed by atoms with E-state index in [0.717, 1.165) is 9.99 Å². The highest BCUT2D eigenvalue weighted by Gasteiger charge is 2.08. The molecule has 0 aliphatic carbocycles. The summed E-state index contributed by atoms with van der Waals surface area (Å²) in [6.45, 7) is 0. The Morgan fingerprint density at radius 1 is 1.25 bits per heavy atom. The molecule has 1 aromatic carbocycles. The third-order valence-electron chi connectivity index (χ3n) is 1.72. The number of fused-ring (bicyclic) bond motifs is 1. The first-order valence-electron chi connectivity index (χ1n) is 3.94. The third kappa shape index (κ3) is 3.31. The molecular formula is C8H8BrClNO4P. The lowest BCUT2D eigenvalue weighted by Crippen LogP contribution is -1.71. The van der Waals surface area contributed by atoms with Gasteiger partial charge < -0.3 is 24.8 Å². The largest absolute Gasteiger partial charge is 0.506 e. The summed E-state index contributed by atoms with van der Waals surface area (Å²) in [4.78, 5) is 24.6. The Morgan fingerprint density at radius 3 is 2.38 bits per heavy atom. The summed E-state index contributed by atoms with van der Waals surface area (Å²) in [7, 11) is -2.62. The summed E-state index contributed by atoms with van der Waals surface area (Å²) >= 11 is 9.22. The summed E-state index contributed by atoms with van der Waals surface area (Å²) in [5.41, 5.74) is 0.834. The van der Waals surface area contributed by atoms with Gasteiger partial charge in [-0.25, -0.2) is 0 Å². The van der Waals surface area contributed by atoms with Crippen LogP contribution in [0.25, 0.3) is 10.9 Å². The monoisotopic (exact) mass is 327 g/mol. The minimum atomic E-state index is -2.62. The van der Waals surface area contributed by atoms with E-state index in [0.29, 0.717) is 10.4 Å². The summed E-state index contributed by atoms with van der Waals surface area (Å²) in [6.07, 6.45) is 1.52. The van der Waals surface area contributed by atoms with Gasteiger partial charge in [-0.1, -0.05) is 11.6 Å². The average Bonchev–Trinajstić information content (AvgIpc) is 2.54. The zero-order chi connectivity index (χ0) is 12.3. The van der Waals surface area contributed by atoms with Gasteiger partial charge in [0, 0.05) is 10.7 Å². The van der Waals surface area contributed by atoms with Crippen LogP contribution in [0.5, 0.6) is 5.75 Å². The molecule has 5 nitrogen and oxygen atoms in total. The Kier molecular flexibility index (Phi) is 4.98. The first kappa shape index (κ1) is 13.7. The van der Waals surface area contributed by atoms with Crippen LogP contribution in [0.4, 0.5) is 0 Å². The molecule has 5 N–H and O–H groups in total. The van der Waals surface area contributed by atoms with Crippen LogP contribution in [0.3, 0.4) is 0 Å². The number of aromatic amines is 1. The lowest BCUT2D eigenvalue weighted by atomic mass is 10.2. The number of aromatic nitrogens is 1. The number of H-pyrrole nitrogens is 1. The average molecular weight is 328 g/mol. The Labute approximate surface area is 105 Å². The minimum absolute atomic E-state index is 0.177. The number of nitrogens with one attached hydrogen (secondary N) is 1. The Hall–Kier alpha value is -0.360. The zero-order valence-electron chi connectivity index (χ0n) is 7.72. The van der Waals surface area contributed by atoms with Gasteiger partial charge in [0.15, 0.2) is 0 Å². The third-order valence-corrected chi connectivity index (χ3v) is 3.00. The van der Waals surface area contributed by atoms with Gasteiger partial charge in [-0.05, 0) is 28.1 Å². The first-order chi connectivity index (χ1) is 7.43. The molecular weight excluding hydrogens is 320 g/mol. The summed E-state index contributed by atoms with van der Waals surface area (Å²) in [5.74, 6) is 0.177. The van der Waals surface area contributed by atoms with E-state index in [-0.39, 0.29) is 5.75 Å². The fourth-order valence-corrected chi connectivity index (χ4v) is 1.73. The van der Waals surface area contributed by atoms with Crippen molar-refractivity contribution in [3.63, 3.8) is 0 Å². The van der Waals surface area contributed by atoms with Crippen molar-refractivity contribution in [2.24, 2.45) is 0 Å². The molecule has 1 heterocycles. The lowest BCUT2D eigenvalue weighted by Gasteiger charge is -1.97. The Morgan fingerprint density at radius 2 is 1.81 bits per heavy atom. The van der Waals surface area contributed by atoms with Crippen molar-refractivity contribution in [2.45, 2.75) is 0 Å². The number of rotatable bonds is 0. The van der Waals surface area contributed by atoms with Crippen LogP contribution in [-0.4, -0.2) is 24.8 Å². The molecule has 2 aromatic rings. The fraction of sp³-hybridized carbons (Fsp3) is 0. The van der Waals surface area contributed by atoms with E-state index in [4.69, 9.17) is 26.3 Å². The van der Waals surface area contributed by atoms with E-state index in [1.54, 1.807) is 0 Å². The van der Waals surface area contributed by atoms with Crippen molar-refractivity contribution in [1.29, 1.82) is 0 Å². The molecule has 2 rings (SSSR count). The summed E-state index contributed by atoms with van der Waals surface area (Å²) < 4.78 is 0.784. The molecule has 0 spiro atoms. The molecule has 88 valence electrons. The molecule has 0 saturated carbocycles. The molecule has 0 unspecified atom stereocenters. The molecule has 0 fully saturated rings. The molecule has 0 amide bonds. The van der Waals surface area contributed by atoms with Gasteiger partial charge in [0.25, 0.3) is 0 Å². The van der Waals surface area contributed by atoms with E-state index in [9.17, 15) is 5.11 Å². The highest BCUT2D eigenvalue weighted by Crippen LogP contribution is 2.35. The topological polar surface area (TPSA) is 96.7 Å². The van der Waals surface area contributed by atoms with Crippen molar-refractivity contribution in [2.75, 3.05) is 0 Å². The highest BCUT2D eigenvalue weighted by atomic mass is 79.9. The van der Waals surface area contributed by atoms with Gasteiger partial charge in [0.2, 0.25) is 0 Å². The molecule has 0 bridgehead atoms. The van der Waals surface area contributed by atoms with Gasteiger partial charge in [0.1, 0.15) is 5.75 Å². The van der Waals surface area contributed by atoms with E-state index in [1.807, 2.05) is 12.1 Å². The van der Waals surface area contributed by atoms with Crippen LogP contribution in [0, 0.1) is 0 Å². The van der Waals surface area contributed by atoms with E-state index in [2.05, 4.69) is 20.9 Å². The number of hydrogen-bond acceptors (Lipinski definition) is 4. The van der Waals surface area contributed by atoms with Gasteiger partial charge in [0.05, 0.1) is 15.9 Å². The minimum Gasteiger partial charge on any atom is -0.506 e. The fourth-order valence-electron chi connectivity index (χ4n) is 1.14. The van der Waals surface area contributed by atoms with E-state index >= 15 is 0 Å². The standard InChI is InChI=1S/C8H5BrClNO.H3O3P/c9-4-1-2-5-7(8(4)10)6(12)3-11-5;1-4(2)3/h1-3,11-12H;1-3H. The maximum atomic E-state index is 9.38. The van der Waals surface area contributed by atoms with Crippen LogP contribution in [0.2, 0.25) is 5.02 Å². The van der Waals surface area contributed by atoms with Crippen molar-refractivity contribution in [3.8, 4) is 5.75 Å². The van der Waals surface area contributed by atoms with Crippen LogP contribution < -0.4 is 0 Å². The number of hydrogen-bond donors (Lipinski definition) is 5. The maximum Gasteiger partial charge on any atom is 0.324 e. The van der Waals surface area contributed by atoms with Crippen molar-refractivity contribution >= 4 is 47.0 Å². The normalized spacial score (nSPS) is 10.4. The SMILES string of the molecule is OP(O)O.Oc1c[nH]c2ccc(Br)c(Cl)c12. The van der Waals surface area contributed by atoms with Crippen LogP contribution >= 0.6 is 36.1 Å². The number of benzene rings is 1. The quantitative estimate of drug-likeness (QED) is 0.480. The van der Waals surface area contributed by atoms with Crippen LogP contribution in [-0.2, 0) is 0 Å². The summed E-state index contributed by atoms with van der Waals surface area (Å²) in [5, 5.41) is 10.6. The predicted molar refractivity (Wildman–Crippen MR) is 66.2 cm³/mol. The maximum absolute atomic E-state index is 9.38. The van der Waals surface area contributed by atoms with E-state index in [1.165, 1.54) is 6.20 Å². The zero-order valence-corrected chi connectivity index (χ0v) is 11.0. The number of halogens is 2. The second kappa shape index (κ2) is 5.82. The first-order valence-corrected chi connectivity index (χ1v) is 6.31. The molecule has 0 aliphatic rings. The van der Waals surface area contributed by atoms with Gasteiger partial charge in [-0.3, -0.25) is 0 Å². The molecule has 0 saturated heterocycles. The van der Waals surface area contributed by atoms with Crippen molar-refractivity contribution in [3.05, 3.63) is 27.8 Å². The summed E-state index contributed by atoms with van der Waals surface area (Å²) in [6, 6.07) is 3.69. The second-order valence-electron chi connectivity index (χ2n) is 2.73. The molecule has 16 heavy (non-hydrogen) atoms. The molecule has 8 heteroatoms. The van der Waals surface area contributed by atoms with Gasteiger partial charge in [-0.2, -0.15) is 0 Å². The van der Waals surface area contributed by atoms with Crippen LogP contribution in [0.15, 0.2) is 22.8 Å². The molecule has 0 aliphatic heterocycles. The predicted octanol–water partition coefficient (Wildman–Crippen LogP) is 2.48. The smallest absolute Gasteiger partial charge is 0.324 e. The van der Waals surface area contributed by atoms with Crippen molar-refractivity contribution in [1.82, 2.24) is 4.98 Å². The molecule has 1 aromatic heterocycles. The lowest BCUT2D eigenvalue weighted by molar-refractivity contribution is 0.368. The Balaban J connectivity index is 0.000000280. The second-order valence-corrected chi connectivity index (χ2v) is 4.50. The van der Waals surface area contributed by atoms with Gasteiger partial charge >= 0.3 is 8.60 Å². The molecule has 0 radical (unpaired) electrons. The highest BCUT2D eigenvalue weighted by molar-refractivity contribution is 9.10. The molecule has 0 atom stereocenters. The van der Waals surface area contributed by atoms with Crippen molar-refractivity contribution < 1.29 is 19.8 Å². The number of aromatic hydroxyl groups is 1. The van der Waals surface area contributed by atoms with E-state index < -0.39 is 8.60 Å². The van der Waals surface area contributed by atoms with Crippen LogP contribution in [0.1, 0.15) is 0 Å².